The van der Waals surface area contributed by atoms with Crippen LogP contribution in [0.25, 0.3) is 0 Å². The number of fused-ring (bicyclic) bond motifs is 2. The van der Waals surface area contributed by atoms with E-state index < -0.39 is 0 Å². The molecule has 19 heavy (non-hydrogen) atoms. The summed E-state index contributed by atoms with van der Waals surface area (Å²) in [5, 5.41) is 3.39. The molecule has 0 saturated heterocycles. The van der Waals surface area contributed by atoms with Crippen LogP contribution in [-0.2, 0) is 17.6 Å². The number of rotatable bonds is 1. The first-order valence-corrected chi connectivity index (χ1v) is 6.34. The van der Waals surface area contributed by atoms with Gasteiger partial charge in [-0.1, -0.05) is 30.3 Å². The molecule has 1 aliphatic heterocycles. The molecule has 3 rings (SSSR count). The van der Waals surface area contributed by atoms with Gasteiger partial charge in [-0.3, -0.25) is 0 Å². The number of carbonyl (C=O) groups excluding carboxylic acids is 1. The lowest BCUT2D eigenvalue weighted by Gasteiger charge is -2.13. The highest BCUT2D eigenvalue weighted by Gasteiger charge is 2.19. The predicted molar refractivity (Wildman–Crippen MR) is 74.9 cm³/mol. The third-order valence-corrected chi connectivity index (χ3v) is 3.50. The maximum atomic E-state index is 11.8. The molecule has 2 aromatic carbocycles. The molecule has 0 aliphatic carbocycles. The van der Waals surface area contributed by atoms with Gasteiger partial charge in [0.25, 0.3) is 0 Å². The molecule has 1 heterocycles. The Hall–Kier alpha value is -2.29. The van der Waals surface area contributed by atoms with Crippen molar-refractivity contribution >= 4 is 17.3 Å². The number of ether oxygens (including phenoxy) is 1. The second kappa shape index (κ2) is 4.76. The fraction of sp³-hybridized carbons (Fsp3) is 0.188. The molecule has 0 spiro atoms. The molecular weight excluding hydrogens is 238 g/mol. The SMILES string of the molecule is COC(=O)c1cccc2c1Nc1ccccc1CC2. The smallest absolute Gasteiger partial charge is 0.339 e. The number of anilines is 2. The van der Waals surface area contributed by atoms with Crippen molar-refractivity contribution in [3.8, 4) is 0 Å². The van der Waals surface area contributed by atoms with Gasteiger partial charge >= 0.3 is 5.97 Å². The largest absolute Gasteiger partial charge is 0.465 e. The highest BCUT2D eigenvalue weighted by atomic mass is 16.5. The molecule has 3 nitrogen and oxygen atoms in total. The summed E-state index contributed by atoms with van der Waals surface area (Å²) in [6.45, 7) is 0. The van der Waals surface area contributed by atoms with E-state index in [-0.39, 0.29) is 5.97 Å². The molecular formula is C16H15NO2. The monoisotopic (exact) mass is 253 g/mol. The summed E-state index contributed by atoms with van der Waals surface area (Å²) in [5.41, 5.74) is 4.96. The van der Waals surface area contributed by atoms with Gasteiger partial charge in [0.05, 0.1) is 18.4 Å². The Morgan fingerprint density at radius 1 is 1.05 bits per heavy atom. The van der Waals surface area contributed by atoms with Crippen LogP contribution >= 0.6 is 0 Å². The van der Waals surface area contributed by atoms with Gasteiger partial charge < -0.3 is 10.1 Å². The molecule has 0 amide bonds. The van der Waals surface area contributed by atoms with Crippen molar-refractivity contribution in [3.63, 3.8) is 0 Å². The van der Waals surface area contributed by atoms with E-state index in [2.05, 4.69) is 17.4 Å². The second-order valence-electron chi connectivity index (χ2n) is 4.61. The molecule has 0 atom stereocenters. The molecule has 0 radical (unpaired) electrons. The molecule has 0 bridgehead atoms. The topological polar surface area (TPSA) is 38.3 Å². The second-order valence-corrected chi connectivity index (χ2v) is 4.61. The Morgan fingerprint density at radius 3 is 2.63 bits per heavy atom. The Balaban J connectivity index is 2.12. The Bertz CT molecular complexity index is 634. The zero-order chi connectivity index (χ0) is 13.2. The lowest BCUT2D eigenvalue weighted by atomic mass is 10.0. The maximum absolute atomic E-state index is 11.8. The van der Waals surface area contributed by atoms with Crippen LogP contribution in [0.4, 0.5) is 11.4 Å². The van der Waals surface area contributed by atoms with Crippen molar-refractivity contribution in [2.45, 2.75) is 12.8 Å². The minimum Gasteiger partial charge on any atom is -0.465 e. The summed E-state index contributed by atoms with van der Waals surface area (Å²) in [6.07, 6.45) is 1.89. The van der Waals surface area contributed by atoms with Crippen LogP contribution in [0.1, 0.15) is 21.5 Å². The number of hydrogen-bond donors (Lipinski definition) is 1. The van der Waals surface area contributed by atoms with Crippen molar-refractivity contribution in [1.29, 1.82) is 0 Å². The lowest BCUT2D eigenvalue weighted by Crippen LogP contribution is -2.07. The van der Waals surface area contributed by atoms with Crippen molar-refractivity contribution in [3.05, 3.63) is 59.2 Å². The van der Waals surface area contributed by atoms with Gasteiger partial charge in [-0.2, -0.15) is 0 Å². The van der Waals surface area contributed by atoms with Gasteiger partial charge in [-0.15, -0.1) is 0 Å². The fourth-order valence-corrected chi connectivity index (χ4v) is 2.50. The standard InChI is InChI=1S/C16H15NO2/c1-19-16(18)13-7-4-6-12-10-9-11-5-2-3-8-14(11)17-15(12)13/h2-8,17H,9-10H2,1H3. The zero-order valence-corrected chi connectivity index (χ0v) is 10.8. The molecule has 0 unspecified atom stereocenters. The highest BCUT2D eigenvalue weighted by Crippen LogP contribution is 2.32. The molecule has 1 N–H and O–H groups in total. The number of hydrogen-bond acceptors (Lipinski definition) is 3. The van der Waals surface area contributed by atoms with E-state index in [4.69, 9.17) is 4.74 Å². The number of aryl methyl sites for hydroxylation is 2. The van der Waals surface area contributed by atoms with Crippen LogP contribution in [0.2, 0.25) is 0 Å². The first kappa shape index (κ1) is 11.8. The van der Waals surface area contributed by atoms with Crippen LogP contribution in [-0.4, -0.2) is 13.1 Å². The van der Waals surface area contributed by atoms with Gasteiger partial charge in [0.1, 0.15) is 0 Å². The summed E-state index contributed by atoms with van der Waals surface area (Å²) >= 11 is 0. The summed E-state index contributed by atoms with van der Waals surface area (Å²) in [7, 11) is 1.41. The predicted octanol–water partition coefficient (Wildman–Crippen LogP) is 3.32. The van der Waals surface area contributed by atoms with E-state index in [1.54, 1.807) is 6.07 Å². The summed E-state index contributed by atoms with van der Waals surface area (Å²) < 4.78 is 4.85. The van der Waals surface area contributed by atoms with Crippen LogP contribution in [0.15, 0.2) is 42.5 Å². The van der Waals surface area contributed by atoms with Crippen molar-refractivity contribution in [2.24, 2.45) is 0 Å². The van der Waals surface area contributed by atoms with Gasteiger partial charge in [0, 0.05) is 5.69 Å². The average molecular weight is 253 g/mol. The molecule has 2 aromatic rings. The minimum absolute atomic E-state index is 0.302. The average Bonchev–Trinajstić information content (AvgIpc) is 2.65. The number of esters is 1. The first-order chi connectivity index (χ1) is 9.29. The van der Waals surface area contributed by atoms with Gasteiger partial charge in [0.15, 0.2) is 0 Å². The van der Waals surface area contributed by atoms with Gasteiger partial charge in [-0.05, 0) is 36.1 Å². The normalized spacial score (nSPS) is 12.7. The summed E-state index contributed by atoms with van der Waals surface area (Å²) in [6, 6.07) is 14.0. The summed E-state index contributed by atoms with van der Waals surface area (Å²) in [5.74, 6) is -0.302. The van der Waals surface area contributed by atoms with E-state index in [1.807, 2.05) is 24.3 Å². The van der Waals surface area contributed by atoms with Crippen molar-refractivity contribution in [2.75, 3.05) is 12.4 Å². The minimum atomic E-state index is -0.302. The van der Waals surface area contributed by atoms with E-state index in [9.17, 15) is 4.79 Å². The van der Waals surface area contributed by atoms with Crippen LogP contribution in [0.3, 0.4) is 0 Å². The van der Waals surface area contributed by atoms with E-state index >= 15 is 0 Å². The molecule has 0 saturated carbocycles. The Kier molecular flexibility index (Phi) is 2.95. The van der Waals surface area contributed by atoms with Gasteiger partial charge in [0.2, 0.25) is 0 Å². The number of benzene rings is 2. The Labute approximate surface area is 112 Å². The summed E-state index contributed by atoms with van der Waals surface area (Å²) in [4.78, 5) is 11.8. The van der Waals surface area contributed by atoms with Crippen molar-refractivity contribution in [1.82, 2.24) is 0 Å². The fourth-order valence-electron chi connectivity index (χ4n) is 2.50. The van der Waals surface area contributed by atoms with Crippen LogP contribution in [0.5, 0.6) is 0 Å². The Morgan fingerprint density at radius 2 is 1.79 bits per heavy atom. The maximum Gasteiger partial charge on any atom is 0.339 e. The molecule has 96 valence electrons. The lowest BCUT2D eigenvalue weighted by molar-refractivity contribution is 0.0602. The number of para-hydroxylation sites is 2. The molecule has 3 heteroatoms. The van der Waals surface area contributed by atoms with Crippen LogP contribution in [0, 0.1) is 0 Å². The number of methoxy groups -OCH3 is 1. The van der Waals surface area contributed by atoms with Crippen molar-refractivity contribution < 1.29 is 9.53 Å². The number of carbonyl (C=O) groups is 1. The van der Waals surface area contributed by atoms with Gasteiger partial charge in [-0.25, -0.2) is 4.79 Å². The molecule has 0 aromatic heterocycles. The quantitative estimate of drug-likeness (QED) is 0.792. The van der Waals surface area contributed by atoms with E-state index in [1.165, 1.54) is 12.7 Å². The van der Waals surface area contributed by atoms with Crippen LogP contribution < -0.4 is 5.32 Å². The number of nitrogens with one attached hydrogen (secondary N) is 1. The third kappa shape index (κ3) is 2.08. The first-order valence-electron chi connectivity index (χ1n) is 6.34. The third-order valence-electron chi connectivity index (χ3n) is 3.50. The van der Waals surface area contributed by atoms with E-state index in [0.717, 1.165) is 29.8 Å². The molecule has 1 aliphatic rings. The highest BCUT2D eigenvalue weighted by molar-refractivity contribution is 5.97. The van der Waals surface area contributed by atoms with E-state index in [0.29, 0.717) is 5.56 Å². The zero-order valence-electron chi connectivity index (χ0n) is 10.8. The molecule has 0 fully saturated rings.